The summed E-state index contributed by atoms with van der Waals surface area (Å²) in [6.45, 7) is 0. The van der Waals surface area contributed by atoms with Crippen molar-refractivity contribution in [2.24, 2.45) is 0 Å². The first-order valence-corrected chi connectivity index (χ1v) is 8.00. The summed E-state index contributed by atoms with van der Waals surface area (Å²) >= 11 is 0. The predicted octanol–water partition coefficient (Wildman–Crippen LogP) is 4.57. The summed E-state index contributed by atoms with van der Waals surface area (Å²) in [6, 6.07) is 20.7. The highest BCUT2D eigenvalue weighted by Gasteiger charge is 2.09. The molecule has 0 fully saturated rings. The van der Waals surface area contributed by atoms with Crippen LogP contribution in [0.1, 0.15) is 21.5 Å². The maximum absolute atomic E-state index is 14.2. The molecule has 1 heterocycles. The van der Waals surface area contributed by atoms with E-state index in [0.29, 0.717) is 17.5 Å². The zero-order valence-corrected chi connectivity index (χ0v) is 13.4. The van der Waals surface area contributed by atoms with E-state index >= 15 is 0 Å². The molecule has 0 saturated carbocycles. The highest BCUT2D eigenvalue weighted by molar-refractivity contribution is 5.80. The first-order chi connectivity index (χ1) is 12.2. The lowest BCUT2D eigenvalue weighted by Gasteiger charge is -2.02. The van der Waals surface area contributed by atoms with Crippen LogP contribution in [0.15, 0.2) is 72.9 Å². The minimum absolute atomic E-state index is 0.308. The smallest absolute Gasteiger partial charge is 0.150 e. The highest BCUT2D eigenvalue weighted by atomic mass is 19.1. The monoisotopic (exact) mass is 330 g/mol. The van der Waals surface area contributed by atoms with Gasteiger partial charge in [-0.25, -0.2) is 9.07 Å². The summed E-state index contributed by atoms with van der Waals surface area (Å²) in [5.74, 6) is -0.470. The van der Waals surface area contributed by atoms with Gasteiger partial charge in [-0.3, -0.25) is 4.79 Å². The Hall–Kier alpha value is -3.27. The molecule has 0 aliphatic heterocycles. The lowest BCUT2D eigenvalue weighted by atomic mass is 10.0. The number of halogens is 1. The third kappa shape index (κ3) is 3.06. The average molecular weight is 330 g/mol. The first-order valence-electron chi connectivity index (χ1n) is 8.00. The molecule has 25 heavy (non-hydrogen) atoms. The van der Waals surface area contributed by atoms with Gasteiger partial charge in [-0.1, -0.05) is 36.4 Å². The number of carbonyl (C=O) groups excluding carboxylic acids is 1. The summed E-state index contributed by atoms with van der Waals surface area (Å²) in [7, 11) is 0. The van der Waals surface area contributed by atoms with E-state index in [4.69, 9.17) is 0 Å². The number of fused-ring (bicyclic) bond motifs is 1. The van der Waals surface area contributed by atoms with Crippen molar-refractivity contribution in [3.63, 3.8) is 0 Å². The van der Waals surface area contributed by atoms with E-state index in [-0.39, 0.29) is 0 Å². The van der Waals surface area contributed by atoms with Crippen LogP contribution in [0.4, 0.5) is 4.39 Å². The molecule has 4 rings (SSSR count). The number of hydrogen-bond donors (Lipinski definition) is 0. The molecule has 0 amide bonds. The van der Waals surface area contributed by atoms with Gasteiger partial charge in [0, 0.05) is 17.1 Å². The van der Waals surface area contributed by atoms with E-state index < -0.39 is 5.82 Å². The molecule has 4 aromatic rings. The van der Waals surface area contributed by atoms with Crippen LogP contribution in [0, 0.1) is 5.82 Å². The molecule has 0 radical (unpaired) electrons. The number of aromatic nitrogens is 2. The second kappa shape index (κ2) is 6.32. The van der Waals surface area contributed by atoms with Crippen LogP contribution in [-0.2, 0) is 6.42 Å². The molecule has 4 heteroatoms. The second-order valence-corrected chi connectivity index (χ2v) is 5.96. The molecule has 0 saturated heterocycles. The molecule has 0 unspecified atom stereocenters. The molecule has 0 bridgehead atoms. The van der Waals surface area contributed by atoms with Crippen LogP contribution in [-0.4, -0.2) is 16.1 Å². The van der Waals surface area contributed by atoms with Gasteiger partial charge in [0.25, 0.3) is 0 Å². The average Bonchev–Trinajstić information content (AvgIpc) is 3.05. The fourth-order valence-electron chi connectivity index (χ4n) is 2.92. The number of rotatable bonds is 4. The minimum atomic E-state index is -0.470. The predicted molar refractivity (Wildman–Crippen MR) is 95.7 cm³/mol. The van der Waals surface area contributed by atoms with E-state index in [1.165, 1.54) is 21.9 Å². The fraction of sp³-hybridized carbons (Fsp3) is 0.0476. The van der Waals surface area contributed by atoms with Crippen molar-refractivity contribution in [1.82, 2.24) is 9.78 Å². The summed E-state index contributed by atoms with van der Waals surface area (Å²) in [5.41, 5.74) is 3.85. The molecule has 1 aromatic heterocycles. The van der Waals surface area contributed by atoms with Gasteiger partial charge in [0.05, 0.1) is 5.52 Å². The van der Waals surface area contributed by atoms with Gasteiger partial charge in [0.15, 0.2) is 0 Å². The molecule has 3 aromatic carbocycles. The molecule has 0 aliphatic rings. The van der Waals surface area contributed by atoms with Crippen LogP contribution in [0.25, 0.3) is 16.6 Å². The van der Waals surface area contributed by atoms with Gasteiger partial charge in [-0.2, -0.15) is 5.10 Å². The zero-order chi connectivity index (χ0) is 17.2. The van der Waals surface area contributed by atoms with Gasteiger partial charge in [-0.05, 0) is 47.9 Å². The van der Waals surface area contributed by atoms with Gasteiger partial charge < -0.3 is 0 Å². The normalized spacial score (nSPS) is 10.9. The van der Waals surface area contributed by atoms with Crippen molar-refractivity contribution in [2.75, 3.05) is 0 Å². The molecule has 3 nitrogen and oxygen atoms in total. The maximum atomic E-state index is 14.2. The van der Waals surface area contributed by atoms with Crippen molar-refractivity contribution in [3.05, 3.63) is 95.4 Å². The summed E-state index contributed by atoms with van der Waals surface area (Å²) in [5, 5.41) is 5.39. The van der Waals surface area contributed by atoms with Crippen molar-refractivity contribution >= 4 is 17.2 Å². The lowest BCUT2D eigenvalue weighted by molar-refractivity contribution is 0.112. The van der Waals surface area contributed by atoms with Crippen LogP contribution in [0.3, 0.4) is 0 Å². The minimum Gasteiger partial charge on any atom is -0.298 e. The first kappa shape index (κ1) is 15.3. The van der Waals surface area contributed by atoms with E-state index in [1.54, 1.807) is 12.1 Å². The third-order valence-corrected chi connectivity index (χ3v) is 4.17. The Morgan fingerprint density at radius 3 is 2.56 bits per heavy atom. The molecular weight excluding hydrogens is 315 g/mol. The Morgan fingerprint density at radius 2 is 1.80 bits per heavy atom. The molecule has 0 spiro atoms. The SMILES string of the molecule is O=Cc1ccc(-n2cc3cc(Cc4ccccc4)ccc3n2)c(F)c1. The van der Waals surface area contributed by atoms with E-state index in [0.717, 1.165) is 17.3 Å². The van der Waals surface area contributed by atoms with Crippen LogP contribution >= 0.6 is 0 Å². The number of aldehydes is 1. The largest absolute Gasteiger partial charge is 0.298 e. The molecule has 0 atom stereocenters. The van der Waals surface area contributed by atoms with Crippen LogP contribution < -0.4 is 0 Å². The van der Waals surface area contributed by atoms with E-state index in [1.807, 2.05) is 36.5 Å². The number of benzene rings is 3. The van der Waals surface area contributed by atoms with Gasteiger partial charge in [-0.15, -0.1) is 0 Å². The zero-order valence-electron chi connectivity index (χ0n) is 13.4. The maximum Gasteiger partial charge on any atom is 0.150 e. The summed E-state index contributed by atoms with van der Waals surface area (Å²) in [4.78, 5) is 10.7. The lowest BCUT2D eigenvalue weighted by Crippen LogP contribution is -1.98. The molecule has 0 aliphatic carbocycles. The molecule has 122 valence electrons. The third-order valence-electron chi connectivity index (χ3n) is 4.17. The quantitative estimate of drug-likeness (QED) is 0.514. The fourth-order valence-corrected chi connectivity index (χ4v) is 2.92. The Labute approximate surface area is 144 Å². The van der Waals surface area contributed by atoms with Crippen molar-refractivity contribution in [2.45, 2.75) is 6.42 Å². The molecule has 0 N–H and O–H groups in total. The van der Waals surface area contributed by atoms with E-state index in [2.05, 4.69) is 23.3 Å². The summed E-state index contributed by atoms with van der Waals surface area (Å²) < 4.78 is 15.7. The second-order valence-electron chi connectivity index (χ2n) is 5.96. The van der Waals surface area contributed by atoms with Crippen LogP contribution in [0.2, 0.25) is 0 Å². The molecular formula is C21H15FN2O. The van der Waals surface area contributed by atoms with Crippen molar-refractivity contribution < 1.29 is 9.18 Å². The number of hydrogen-bond acceptors (Lipinski definition) is 2. The van der Waals surface area contributed by atoms with E-state index in [9.17, 15) is 9.18 Å². The van der Waals surface area contributed by atoms with Gasteiger partial charge in [0.2, 0.25) is 0 Å². The number of nitrogens with zero attached hydrogens (tertiary/aromatic N) is 2. The Bertz CT molecular complexity index is 1050. The standard InChI is InChI=1S/C21H15FN2O/c22-19-12-17(14-25)7-9-21(19)24-13-18-11-16(6-8-20(18)23-24)10-15-4-2-1-3-5-15/h1-9,11-14H,10H2. The van der Waals surface area contributed by atoms with Crippen LogP contribution in [0.5, 0.6) is 0 Å². The van der Waals surface area contributed by atoms with Gasteiger partial charge in [0.1, 0.15) is 17.8 Å². The Morgan fingerprint density at radius 1 is 0.960 bits per heavy atom. The Balaban J connectivity index is 1.70. The summed E-state index contributed by atoms with van der Waals surface area (Å²) in [6.07, 6.45) is 3.27. The van der Waals surface area contributed by atoms with Crippen molar-refractivity contribution in [3.8, 4) is 5.69 Å². The topological polar surface area (TPSA) is 34.9 Å². The van der Waals surface area contributed by atoms with Gasteiger partial charge >= 0.3 is 0 Å². The highest BCUT2D eigenvalue weighted by Crippen LogP contribution is 2.21. The number of carbonyl (C=O) groups is 1. The Kier molecular flexibility index (Phi) is 3.86. The van der Waals surface area contributed by atoms with Crippen molar-refractivity contribution in [1.29, 1.82) is 0 Å².